The molecule has 0 saturated heterocycles. The van der Waals surface area contributed by atoms with E-state index in [4.69, 9.17) is 0 Å². The maximum Gasteiger partial charge on any atom is 0.131 e. The van der Waals surface area contributed by atoms with Gasteiger partial charge in [-0.25, -0.2) is 8.78 Å². The van der Waals surface area contributed by atoms with E-state index in [2.05, 4.69) is 203 Å². The normalized spacial score (nSPS) is 12.5. The number of hydrogen-bond acceptors (Lipinski definition) is 2. The van der Waals surface area contributed by atoms with Gasteiger partial charge in [-0.2, -0.15) is 0 Å². The Hall–Kier alpha value is -8.88. The molecule has 0 aliphatic rings. The molecule has 0 saturated carbocycles. The predicted octanol–water partition coefficient (Wildman–Crippen LogP) is 20.1. The van der Waals surface area contributed by atoms with E-state index in [1.54, 1.807) is 46.9 Å². The molecule has 0 unspecified atom stereocenters. The molecule has 0 fully saturated rings. The van der Waals surface area contributed by atoms with Crippen molar-refractivity contribution >= 4 is 128 Å². The van der Waals surface area contributed by atoms with E-state index in [0.29, 0.717) is 22.3 Å². The molecule has 0 spiro atoms. The number of thiophene rings is 2. The second kappa shape index (κ2) is 16.1. The van der Waals surface area contributed by atoms with Gasteiger partial charge in [-0.15, -0.1) is 22.7 Å². The molecule has 0 aliphatic heterocycles. The molecular formula is C69H43F2N3S2. The molecule has 0 radical (unpaired) electrons. The molecule has 0 bridgehead atoms. The van der Waals surface area contributed by atoms with Crippen LogP contribution >= 0.6 is 22.7 Å². The summed E-state index contributed by atoms with van der Waals surface area (Å²) in [4.78, 5) is 0. The summed E-state index contributed by atoms with van der Waals surface area (Å²) in [5.41, 5.74) is 9.80. The fraction of sp³-hybridized carbons (Fsp3) is 0.0435. The maximum atomic E-state index is 17.7. The third kappa shape index (κ3) is 5.89. The van der Waals surface area contributed by atoms with Crippen LogP contribution in [0, 0.1) is 11.6 Å². The van der Waals surface area contributed by atoms with Crippen molar-refractivity contribution in [1.82, 2.24) is 13.7 Å². The first-order valence-electron chi connectivity index (χ1n) is 25.7. The zero-order chi connectivity index (χ0) is 50.6. The molecule has 76 heavy (non-hydrogen) atoms. The Kier molecular flexibility index (Phi) is 9.20. The van der Waals surface area contributed by atoms with E-state index in [-0.39, 0.29) is 11.6 Å². The molecule has 3 nitrogen and oxygen atoms in total. The summed E-state index contributed by atoms with van der Waals surface area (Å²) >= 11 is 3.58. The van der Waals surface area contributed by atoms with Crippen LogP contribution in [0.25, 0.3) is 139 Å². The summed E-state index contributed by atoms with van der Waals surface area (Å²) in [6.07, 6.45) is 0. The van der Waals surface area contributed by atoms with Crippen LogP contribution in [0.4, 0.5) is 8.78 Å². The first kappa shape index (κ1) is 43.5. The van der Waals surface area contributed by atoms with Gasteiger partial charge in [0.1, 0.15) is 11.6 Å². The Morgan fingerprint density at radius 2 is 0.684 bits per heavy atom. The van der Waals surface area contributed by atoms with Crippen LogP contribution in [0.15, 0.2) is 224 Å². The number of halogens is 2. The highest BCUT2D eigenvalue weighted by molar-refractivity contribution is 7.26. The number of hydrogen-bond donors (Lipinski definition) is 0. The Bertz CT molecular complexity index is 4830. The summed E-state index contributed by atoms with van der Waals surface area (Å²) in [7, 11) is 0. The van der Waals surface area contributed by atoms with Crippen LogP contribution in [0.2, 0.25) is 0 Å². The lowest BCUT2D eigenvalue weighted by Gasteiger charge is -2.37. The van der Waals surface area contributed by atoms with Crippen LogP contribution in [0.3, 0.4) is 0 Å². The minimum absolute atomic E-state index is 0.369. The Morgan fingerprint density at radius 1 is 0.329 bits per heavy atom. The zero-order valence-electron chi connectivity index (χ0n) is 41.3. The fourth-order valence-corrected chi connectivity index (χ4v) is 15.3. The average molecular weight is 1020 g/mol. The van der Waals surface area contributed by atoms with Gasteiger partial charge in [-0.3, -0.25) is 0 Å². The minimum Gasteiger partial charge on any atom is -0.330 e. The summed E-state index contributed by atoms with van der Waals surface area (Å²) in [6, 6.07) is 77.4. The molecule has 16 aromatic rings. The van der Waals surface area contributed by atoms with Crippen molar-refractivity contribution in [3.63, 3.8) is 0 Å². The molecule has 7 heteroatoms. The first-order valence-corrected chi connectivity index (χ1v) is 27.4. The van der Waals surface area contributed by atoms with Crippen LogP contribution in [-0.4, -0.2) is 13.7 Å². The van der Waals surface area contributed by atoms with Crippen LogP contribution in [0.5, 0.6) is 0 Å². The van der Waals surface area contributed by atoms with Gasteiger partial charge in [0.05, 0.1) is 39.0 Å². The third-order valence-corrected chi connectivity index (χ3v) is 18.4. The molecule has 16 rings (SSSR count). The zero-order valence-corrected chi connectivity index (χ0v) is 42.9. The smallest absolute Gasteiger partial charge is 0.131 e. The Morgan fingerprint density at radius 3 is 1.12 bits per heavy atom. The van der Waals surface area contributed by atoms with E-state index < -0.39 is 5.54 Å². The minimum atomic E-state index is -1.00. The lowest BCUT2D eigenvalue weighted by atomic mass is 9.82. The average Bonchev–Trinajstić information content (AvgIpc) is 4.31. The number of benzene rings is 11. The Balaban J connectivity index is 1.25. The quantitative estimate of drug-likeness (QED) is 0.158. The number of aromatic nitrogens is 3. The van der Waals surface area contributed by atoms with E-state index >= 15 is 8.78 Å². The molecule has 0 amide bonds. The monoisotopic (exact) mass is 1020 g/mol. The first-order chi connectivity index (χ1) is 37.3. The largest absolute Gasteiger partial charge is 0.330 e. The highest BCUT2D eigenvalue weighted by atomic mass is 32.1. The van der Waals surface area contributed by atoms with Gasteiger partial charge < -0.3 is 13.7 Å². The molecule has 5 aromatic heterocycles. The summed E-state index contributed by atoms with van der Waals surface area (Å²) < 4.78 is 47.4. The number of fused-ring (bicyclic) bond motifs is 17. The van der Waals surface area contributed by atoms with Gasteiger partial charge >= 0.3 is 0 Å². The molecule has 0 atom stereocenters. The maximum absolute atomic E-state index is 17.7. The second-order valence-electron chi connectivity index (χ2n) is 20.5. The third-order valence-electron chi connectivity index (χ3n) is 16.1. The summed E-state index contributed by atoms with van der Waals surface area (Å²) in [5, 5.41) is 11.2. The number of para-hydroxylation sites is 4. The molecule has 5 heterocycles. The topological polar surface area (TPSA) is 14.8 Å². The highest BCUT2D eigenvalue weighted by Crippen LogP contribution is 2.54. The van der Waals surface area contributed by atoms with Crippen molar-refractivity contribution in [2.75, 3.05) is 0 Å². The number of rotatable bonds is 6. The van der Waals surface area contributed by atoms with Gasteiger partial charge in [-0.1, -0.05) is 158 Å². The van der Waals surface area contributed by atoms with Crippen molar-refractivity contribution < 1.29 is 8.78 Å². The van der Waals surface area contributed by atoms with Crippen LogP contribution in [0.1, 0.15) is 19.4 Å². The van der Waals surface area contributed by atoms with Crippen LogP contribution < -0.4 is 0 Å². The van der Waals surface area contributed by atoms with Gasteiger partial charge in [0, 0.05) is 112 Å². The van der Waals surface area contributed by atoms with Crippen molar-refractivity contribution in [2.24, 2.45) is 0 Å². The van der Waals surface area contributed by atoms with E-state index in [1.165, 1.54) is 9.40 Å². The Labute approximate surface area is 442 Å². The molecule has 360 valence electrons. The lowest BCUT2D eigenvalue weighted by molar-refractivity contribution is 0.462. The van der Waals surface area contributed by atoms with Crippen molar-refractivity contribution in [1.29, 1.82) is 0 Å². The van der Waals surface area contributed by atoms with Crippen molar-refractivity contribution in [3.05, 3.63) is 242 Å². The molecule has 0 N–H and O–H groups in total. The van der Waals surface area contributed by atoms with E-state index in [1.807, 2.05) is 24.3 Å². The van der Waals surface area contributed by atoms with Crippen LogP contribution in [-0.2, 0) is 5.54 Å². The number of nitrogens with zero attached hydrogens (tertiary/aromatic N) is 3. The van der Waals surface area contributed by atoms with E-state index in [0.717, 1.165) is 113 Å². The van der Waals surface area contributed by atoms with Gasteiger partial charge in [0.2, 0.25) is 0 Å². The predicted molar refractivity (Wildman–Crippen MR) is 320 cm³/mol. The van der Waals surface area contributed by atoms with Gasteiger partial charge in [0.15, 0.2) is 0 Å². The SMILES string of the molecule is CC(C)(c1c(-n2c3ccccc3c3ccc4sc5ccccc5c4c32)c(-c2ccccc2F)cc(-c2ccccc2F)c1-n1c2ccccc2c2ccc3sc4ccccc4c3c21)n1c2ccccc2c2ccccc21. The lowest BCUT2D eigenvalue weighted by Crippen LogP contribution is -2.31. The summed E-state index contributed by atoms with van der Waals surface area (Å²) in [6.45, 7) is 4.63. The van der Waals surface area contributed by atoms with Gasteiger partial charge in [0.25, 0.3) is 0 Å². The van der Waals surface area contributed by atoms with E-state index in [9.17, 15) is 0 Å². The molecule has 0 aliphatic carbocycles. The second-order valence-corrected chi connectivity index (χ2v) is 22.7. The molecular weight excluding hydrogens is 973 g/mol. The fourth-order valence-electron chi connectivity index (χ4n) is 13.1. The summed E-state index contributed by atoms with van der Waals surface area (Å²) in [5.74, 6) is -0.737. The standard InChI is InChI=1S/C69H43F2N3S2/c1-69(2,74-56-31-15-7-21-42(56)43-22-8-16-32-57(43)74)64-67(72-54-29-13-5-23-44(54)46-35-37-60-62(65(46)72)48-25-9-17-33-58(48)75-60)50(40-19-3-11-27-52(40)70)39-51(41-20-4-12-28-53(41)71)68(64)73-55-30-14-6-24-45(55)47-36-38-61-63(66(47)73)49-26-10-18-34-59(49)76-61/h3-39H,1-2H3. The van der Waals surface area contributed by atoms with Crippen molar-refractivity contribution in [3.8, 4) is 33.6 Å². The molecule has 11 aromatic carbocycles. The highest BCUT2D eigenvalue weighted by Gasteiger charge is 2.39. The van der Waals surface area contributed by atoms with Gasteiger partial charge in [-0.05, 0) is 80.6 Å². The van der Waals surface area contributed by atoms with Crippen molar-refractivity contribution in [2.45, 2.75) is 19.4 Å².